The van der Waals surface area contributed by atoms with Crippen LogP contribution >= 0.6 is 0 Å². The summed E-state index contributed by atoms with van der Waals surface area (Å²) in [5.74, 6) is 2.14. The first-order chi connectivity index (χ1) is 19.1. The average molecular weight is 539 g/mol. The summed E-state index contributed by atoms with van der Waals surface area (Å²) < 4.78 is 11.1. The Morgan fingerprint density at radius 1 is 0.925 bits per heavy atom. The summed E-state index contributed by atoms with van der Waals surface area (Å²) in [4.78, 5) is 31.8. The van der Waals surface area contributed by atoms with E-state index < -0.39 is 0 Å². The molecule has 208 valence electrons. The number of ether oxygens (including phenoxy) is 2. The number of carbonyl (C=O) groups excluding carboxylic acids is 2. The molecule has 40 heavy (non-hydrogen) atoms. The molecule has 1 amide bonds. The smallest absolute Gasteiger partial charge is 0.229 e. The number of anilines is 1. The third-order valence-corrected chi connectivity index (χ3v) is 6.77. The van der Waals surface area contributed by atoms with Crippen LogP contribution in [-0.4, -0.2) is 30.4 Å². The molecule has 0 unspecified atom stereocenters. The molecule has 0 saturated carbocycles. The Morgan fingerprint density at radius 2 is 1.65 bits per heavy atom. The van der Waals surface area contributed by atoms with Gasteiger partial charge in [-0.15, -0.1) is 0 Å². The van der Waals surface area contributed by atoms with Crippen LogP contribution in [-0.2, 0) is 16.1 Å². The molecule has 3 aromatic carbocycles. The van der Waals surface area contributed by atoms with E-state index >= 15 is 0 Å². The van der Waals surface area contributed by atoms with Crippen LogP contribution in [0.15, 0.2) is 72.9 Å². The average Bonchev–Trinajstić information content (AvgIpc) is 2.93. The molecule has 6 nitrogen and oxygen atoms in total. The van der Waals surface area contributed by atoms with Gasteiger partial charge in [0.25, 0.3) is 0 Å². The number of benzene rings is 3. The number of methoxy groups -OCH3 is 1. The third kappa shape index (κ3) is 7.06. The molecule has 1 aromatic heterocycles. The second kappa shape index (κ2) is 12.3. The van der Waals surface area contributed by atoms with Gasteiger partial charge in [-0.2, -0.15) is 0 Å². The van der Waals surface area contributed by atoms with E-state index in [0.717, 1.165) is 38.8 Å². The highest BCUT2D eigenvalue weighted by molar-refractivity contribution is 6.02. The molecule has 0 aliphatic carbocycles. The highest BCUT2D eigenvalue weighted by atomic mass is 16.5. The molecule has 4 rings (SSSR count). The van der Waals surface area contributed by atoms with Crippen molar-refractivity contribution < 1.29 is 19.1 Å². The molecule has 0 aliphatic heterocycles. The summed E-state index contributed by atoms with van der Waals surface area (Å²) in [6.45, 7) is 10.5. The molecule has 0 saturated heterocycles. The Morgan fingerprint density at radius 3 is 2.30 bits per heavy atom. The van der Waals surface area contributed by atoms with Crippen molar-refractivity contribution in [2.24, 2.45) is 5.41 Å². The predicted molar refractivity (Wildman–Crippen MR) is 161 cm³/mol. The van der Waals surface area contributed by atoms with Crippen LogP contribution in [0.5, 0.6) is 11.5 Å². The predicted octanol–water partition coefficient (Wildman–Crippen LogP) is 7.55. The number of fused-ring (bicyclic) bond motifs is 1. The summed E-state index contributed by atoms with van der Waals surface area (Å²) >= 11 is 0. The molecule has 4 aromatic rings. The zero-order valence-corrected chi connectivity index (χ0v) is 24.3. The Labute approximate surface area is 237 Å². The van der Waals surface area contributed by atoms with Crippen LogP contribution in [0.1, 0.15) is 51.7 Å². The van der Waals surface area contributed by atoms with Gasteiger partial charge in [0.1, 0.15) is 23.9 Å². The molecule has 0 bridgehead atoms. The zero-order chi connectivity index (χ0) is 28.9. The fourth-order valence-electron chi connectivity index (χ4n) is 4.58. The third-order valence-electron chi connectivity index (χ3n) is 6.77. The molecule has 0 aliphatic rings. The van der Waals surface area contributed by atoms with Crippen LogP contribution in [0.3, 0.4) is 0 Å². The first-order valence-corrected chi connectivity index (χ1v) is 13.7. The van der Waals surface area contributed by atoms with E-state index in [9.17, 15) is 9.59 Å². The number of Topliss-reactive ketones (excluding diaryl/α,β-unsaturated/α-hetero) is 1. The number of nitrogens with zero attached hydrogens (tertiary/aromatic N) is 2. The number of aryl methyl sites for hydroxylation is 1. The van der Waals surface area contributed by atoms with Gasteiger partial charge in [-0.1, -0.05) is 58.0 Å². The molecule has 0 spiro atoms. The number of ketones is 1. The quantitative estimate of drug-likeness (QED) is 0.209. The first kappa shape index (κ1) is 28.8. The van der Waals surface area contributed by atoms with Gasteiger partial charge >= 0.3 is 0 Å². The van der Waals surface area contributed by atoms with E-state index in [1.54, 1.807) is 18.2 Å². The van der Waals surface area contributed by atoms with Crippen molar-refractivity contribution >= 4 is 28.3 Å². The van der Waals surface area contributed by atoms with E-state index in [2.05, 4.69) is 62.2 Å². The molecule has 0 atom stereocenters. The number of pyridine rings is 1. The van der Waals surface area contributed by atoms with Crippen molar-refractivity contribution in [2.45, 2.75) is 54.0 Å². The normalized spacial score (nSPS) is 11.3. The van der Waals surface area contributed by atoms with Crippen molar-refractivity contribution in [3.8, 4) is 22.6 Å². The lowest BCUT2D eigenvalue weighted by Crippen LogP contribution is -2.34. The van der Waals surface area contributed by atoms with Gasteiger partial charge in [-0.25, -0.2) is 4.98 Å². The topological polar surface area (TPSA) is 68.7 Å². The van der Waals surface area contributed by atoms with Crippen LogP contribution in [0.2, 0.25) is 0 Å². The van der Waals surface area contributed by atoms with E-state index in [-0.39, 0.29) is 23.7 Å². The van der Waals surface area contributed by atoms with Crippen LogP contribution in [0.25, 0.3) is 21.9 Å². The lowest BCUT2D eigenvalue weighted by atomic mass is 9.91. The molecule has 0 radical (unpaired) electrons. The highest BCUT2D eigenvalue weighted by Gasteiger charge is 2.25. The van der Waals surface area contributed by atoms with Gasteiger partial charge in [0.2, 0.25) is 5.91 Å². The van der Waals surface area contributed by atoms with E-state index in [1.165, 1.54) is 0 Å². The molecular weight excluding hydrogens is 500 g/mol. The van der Waals surface area contributed by atoms with Crippen molar-refractivity contribution in [2.75, 3.05) is 18.6 Å². The van der Waals surface area contributed by atoms with Crippen molar-refractivity contribution in [3.05, 3.63) is 84.1 Å². The lowest BCUT2D eigenvalue weighted by molar-refractivity contribution is -0.121. The maximum atomic E-state index is 13.7. The molecule has 6 heteroatoms. The Hall–Kier alpha value is -4.19. The molecule has 0 N–H and O–H groups in total. The number of amides is 1. The summed E-state index contributed by atoms with van der Waals surface area (Å²) in [5.41, 5.74) is 4.12. The first-order valence-electron chi connectivity index (χ1n) is 13.7. The van der Waals surface area contributed by atoms with Crippen LogP contribution < -0.4 is 14.4 Å². The van der Waals surface area contributed by atoms with Crippen molar-refractivity contribution in [1.82, 2.24) is 4.98 Å². The highest BCUT2D eigenvalue weighted by Crippen LogP contribution is 2.32. The van der Waals surface area contributed by atoms with Gasteiger partial charge in [-0.3, -0.25) is 14.5 Å². The van der Waals surface area contributed by atoms with Crippen LogP contribution in [0, 0.1) is 12.3 Å². The SMILES string of the molecule is CCC(=O)COc1ccc2c(N(Cc3ccc(-c4ccc(OC)c(C)c4)cc3)C(=O)CC(C)(C)C)nccc2c1. The van der Waals surface area contributed by atoms with E-state index in [4.69, 9.17) is 9.47 Å². The summed E-state index contributed by atoms with van der Waals surface area (Å²) in [6, 6.07) is 22.0. The van der Waals surface area contributed by atoms with E-state index in [0.29, 0.717) is 31.0 Å². The minimum Gasteiger partial charge on any atom is -0.496 e. The monoisotopic (exact) mass is 538 g/mol. The second-order valence-corrected chi connectivity index (χ2v) is 11.3. The fourth-order valence-corrected chi connectivity index (χ4v) is 4.58. The number of hydrogen-bond donors (Lipinski definition) is 0. The maximum Gasteiger partial charge on any atom is 0.229 e. The standard InChI is InChI=1S/C34H38N2O4/c1-7-28(37)22-40-29-13-14-30-27(19-29)16-17-35-33(30)36(32(38)20-34(3,4)5)21-24-8-10-25(11-9-24)26-12-15-31(39-6)23(2)18-26/h8-19H,7,20-22H2,1-6H3. The van der Waals surface area contributed by atoms with Gasteiger partial charge in [0.15, 0.2) is 5.78 Å². The summed E-state index contributed by atoms with van der Waals surface area (Å²) in [7, 11) is 1.68. The maximum absolute atomic E-state index is 13.7. The Kier molecular flexibility index (Phi) is 8.88. The number of aromatic nitrogens is 1. The number of rotatable bonds is 10. The zero-order valence-electron chi connectivity index (χ0n) is 24.3. The Bertz CT molecular complexity index is 1500. The van der Waals surface area contributed by atoms with E-state index in [1.807, 2.05) is 44.2 Å². The largest absolute Gasteiger partial charge is 0.496 e. The van der Waals surface area contributed by atoms with Gasteiger partial charge in [0, 0.05) is 24.4 Å². The Balaban J connectivity index is 1.65. The second-order valence-electron chi connectivity index (χ2n) is 11.3. The van der Waals surface area contributed by atoms with Gasteiger partial charge < -0.3 is 9.47 Å². The van der Waals surface area contributed by atoms with Crippen molar-refractivity contribution in [3.63, 3.8) is 0 Å². The van der Waals surface area contributed by atoms with Gasteiger partial charge in [0.05, 0.1) is 13.7 Å². The number of hydrogen-bond acceptors (Lipinski definition) is 5. The minimum atomic E-state index is -0.178. The molecule has 0 fully saturated rings. The fraction of sp³-hybridized carbons (Fsp3) is 0.324. The summed E-state index contributed by atoms with van der Waals surface area (Å²) in [5, 5.41) is 1.74. The molecular formula is C34H38N2O4. The lowest BCUT2D eigenvalue weighted by Gasteiger charge is -2.27. The van der Waals surface area contributed by atoms with Crippen molar-refractivity contribution in [1.29, 1.82) is 0 Å². The molecule has 1 heterocycles. The number of carbonyl (C=O) groups is 2. The minimum absolute atomic E-state index is 0.0104. The summed E-state index contributed by atoms with van der Waals surface area (Å²) in [6.07, 6.45) is 2.53. The van der Waals surface area contributed by atoms with Gasteiger partial charge in [-0.05, 0) is 76.4 Å². The van der Waals surface area contributed by atoms with Crippen LogP contribution in [0.4, 0.5) is 5.82 Å².